The van der Waals surface area contributed by atoms with Gasteiger partial charge >= 0.3 is 0 Å². The molecular formula is C20H28NO3+. The van der Waals surface area contributed by atoms with Gasteiger partial charge in [0.15, 0.2) is 0 Å². The van der Waals surface area contributed by atoms with Crippen molar-refractivity contribution in [2.75, 3.05) is 21.3 Å². The number of ether oxygens (including phenoxy) is 3. The van der Waals surface area contributed by atoms with E-state index in [2.05, 4.69) is 30.4 Å². The topological polar surface area (TPSA) is 44.3 Å². The van der Waals surface area contributed by atoms with Crippen molar-refractivity contribution in [2.45, 2.75) is 32.4 Å². The predicted molar refractivity (Wildman–Crippen MR) is 96.0 cm³/mol. The lowest BCUT2D eigenvalue weighted by Gasteiger charge is -2.13. The van der Waals surface area contributed by atoms with Gasteiger partial charge < -0.3 is 19.5 Å². The fourth-order valence-corrected chi connectivity index (χ4v) is 2.65. The zero-order valence-corrected chi connectivity index (χ0v) is 15.0. The van der Waals surface area contributed by atoms with E-state index in [0.717, 1.165) is 36.6 Å². The van der Waals surface area contributed by atoms with Crippen molar-refractivity contribution in [1.82, 2.24) is 0 Å². The highest BCUT2D eigenvalue weighted by molar-refractivity contribution is 5.40. The summed E-state index contributed by atoms with van der Waals surface area (Å²) < 4.78 is 15.9. The highest BCUT2D eigenvalue weighted by Gasteiger charge is 2.10. The van der Waals surface area contributed by atoms with Crippen LogP contribution < -0.4 is 19.5 Å². The Morgan fingerprint density at radius 3 is 2.17 bits per heavy atom. The zero-order chi connectivity index (χ0) is 17.4. The van der Waals surface area contributed by atoms with E-state index in [1.807, 2.05) is 24.3 Å². The minimum Gasteiger partial charge on any atom is -0.497 e. The molecule has 0 bridgehead atoms. The number of hydrogen-bond donors (Lipinski definition) is 1. The summed E-state index contributed by atoms with van der Waals surface area (Å²) in [6.45, 7) is 3.16. The first-order valence-corrected chi connectivity index (χ1v) is 8.33. The average Bonchev–Trinajstić information content (AvgIpc) is 2.64. The van der Waals surface area contributed by atoms with Gasteiger partial charge in [-0.25, -0.2) is 0 Å². The van der Waals surface area contributed by atoms with Gasteiger partial charge in [-0.2, -0.15) is 0 Å². The van der Waals surface area contributed by atoms with Gasteiger partial charge in [0.05, 0.1) is 27.4 Å². The van der Waals surface area contributed by atoms with Crippen molar-refractivity contribution in [3.05, 3.63) is 53.6 Å². The van der Waals surface area contributed by atoms with E-state index in [1.54, 1.807) is 21.3 Å². The summed E-state index contributed by atoms with van der Waals surface area (Å²) in [6.07, 6.45) is 2.20. The molecule has 0 spiro atoms. The van der Waals surface area contributed by atoms with Crippen LogP contribution in [0.5, 0.6) is 17.2 Å². The largest absolute Gasteiger partial charge is 0.497 e. The van der Waals surface area contributed by atoms with E-state index >= 15 is 0 Å². The zero-order valence-electron chi connectivity index (χ0n) is 15.0. The van der Waals surface area contributed by atoms with Gasteiger partial charge in [0.25, 0.3) is 0 Å². The van der Waals surface area contributed by atoms with Gasteiger partial charge in [-0.3, -0.25) is 0 Å². The molecule has 2 rings (SSSR count). The summed E-state index contributed by atoms with van der Waals surface area (Å²) in [4.78, 5) is 0. The molecule has 2 aromatic rings. The van der Waals surface area contributed by atoms with Crippen LogP contribution in [0.25, 0.3) is 0 Å². The van der Waals surface area contributed by atoms with E-state index < -0.39 is 0 Å². The molecular weight excluding hydrogens is 302 g/mol. The van der Waals surface area contributed by atoms with E-state index in [4.69, 9.17) is 14.2 Å². The second kappa shape index (κ2) is 9.18. The number of nitrogens with two attached hydrogens (primary N) is 1. The lowest BCUT2D eigenvalue weighted by molar-refractivity contribution is -0.701. The number of methoxy groups -OCH3 is 3. The molecule has 0 saturated heterocycles. The first kappa shape index (κ1) is 18.1. The summed E-state index contributed by atoms with van der Waals surface area (Å²) in [7, 11) is 5.06. The van der Waals surface area contributed by atoms with Crippen LogP contribution in [0.3, 0.4) is 0 Å². The van der Waals surface area contributed by atoms with Crippen LogP contribution in [-0.2, 0) is 13.0 Å². The molecule has 2 N–H and O–H groups in total. The van der Waals surface area contributed by atoms with Crippen LogP contribution in [0.4, 0.5) is 0 Å². The summed E-state index contributed by atoms with van der Waals surface area (Å²) >= 11 is 0. The van der Waals surface area contributed by atoms with Crippen molar-refractivity contribution in [3.63, 3.8) is 0 Å². The third-order valence-corrected chi connectivity index (χ3v) is 4.28. The molecule has 0 saturated carbocycles. The maximum absolute atomic E-state index is 5.46. The number of benzene rings is 2. The quantitative estimate of drug-likeness (QED) is 0.769. The number of hydrogen-bond acceptors (Lipinski definition) is 3. The molecule has 0 aliphatic carbocycles. The molecule has 0 heterocycles. The normalized spacial score (nSPS) is 11.8. The van der Waals surface area contributed by atoms with Crippen molar-refractivity contribution in [3.8, 4) is 17.2 Å². The Labute approximate surface area is 144 Å². The molecule has 0 aliphatic heterocycles. The number of rotatable bonds is 9. The second-order valence-electron chi connectivity index (χ2n) is 5.98. The molecule has 1 atom stereocenters. The van der Waals surface area contributed by atoms with Crippen LogP contribution in [0.2, 0.25) is 0 Å². The average molecular weight is 330 g/mol. The highest BCUT2D eigenvalue weighted by atomic mass is 16.5. The molecule has 0 unspecified atom stereocenters. The maximum Gasteiger partial charge on any atom is 0.131 e. The SMILES string of the molecule is COc1ccc(CC[C@H](C)[NH2+]Cc2ccc(OC)cc2OC)cc1. The van der Waals surface area contributed by atoms with E-state index in [-0.39, 0.29) is 0 Å². The third-order valence-electron chi connectivity index (χ3n) is 4.28. The molecule has 130 valence electrons. The number of quaternary nitrogens is 1. The fourth-order valence-electron chi connectivity index (χ4n) is 2.65. The maximum atomic E-state index is 5.46. The molecule has 2 aromatic carbocycles. The van der Waals surface area contributed by atoms with Gasteiger partial charge in [0.2, 0.25) is 0 Å². The summed E-state index contributed by atoms with van der Waals surface area (Å²) in [5.41, 5.74) is 2.53. The second-order valence-corrected chi connectivity index (χ2v) is 5.98. The lowest BCUT2D eigenvalue weighted by atomic mass is 10.1. The molecule has 0 aliphatic rings. The molecule has 0 fully saturated rings. The minimum atomic E-state index is 0.541. The number of aryl methyl sites for hydroxylation is 1. The van der Waals surface area contributed by atoms with Crippen LogP contribution >= 0.6 is 0 Å². The summed E-state index contributed by atoms with van der Waals surface area (Å²) in [6, 6.07) is 14.8. The Kier molecular flexibility index (Phi) is 6.94. The Balaban J connectivity index is 1.83. The Morgan fingerprint density at radius 2 is 1.54 bits per heavy atom. The molecule has 24 heavy (non-hydrogen) atoms. The summed E-state index contributed by atoms with van der Waals surface area (Å²) in [5, 5.41) is 2.36. The monoisotopic (exact) mass is 330 g/mol. The van der Waals surface area contributed by atoms with Crippen LogP contribution in [0.1, 0.15) is 24.5 Å². The molecule has 4 heteroatoms. The van der Waals surface area contributed by atoms with Crippen molar-refractivity contribution in [1.29, 1.82) is 0 Å². The molecule has 0 aromatic heterocycles. The first-order chi connectivity index (χ1) is 11.7. The Hall–Kier alpha value is -2.20. The summed E-state index contributed by atoms with van der Waals surface area (Å²) in [5.74, 6) is 2.61. The predicted octanol–water partition coefficient (Wildman–Crippen LogP) is 2.80. The molecule has 0 amide bonds. The van der Waals surface area contributed by atoms with E-state index in [0.29, 0.717) is 6.04 Å². The van der Waals surface area contributed by atoms with E-state index in [1.165, 1.54) is 11.1 Å². The van der Waals surface area contributed by atoms with E-state index in [9.17, 15) is 0 Å². The van der Waals surface area contributed by atoms with Crippen molar-refractivity contribution < 1.29 is 19.5 Å². The van der Waals surface area contributed by atoms with Gasteiger partial charge in [0.1, 0.15) is 23.8 Å². The van der Waals surface area contributed by atoms with Gasteiger partial charge in [-0.15, -0.1) is 0 Å². The Morgan fingerprint density at radius 1 is 0.875 bits per heavy atom. The molecule has 4 nitrogen and oxygen atoms in total. The minimum absolute atomic E-state index is 0.541. The Bertz CT molecular complexity index is 625. The highest BCUT2D eigenvalue weighted by Crippen LogP contribution is 2.23. The standard InChI is InChI=1S/C20H27NO3/c1-15(5-6-16-7-10-18(22-2)11-8-16)21-14-17-9-12-19(23-3)13-20(17)24-4/h7-13,15,21H,5-6,14H2,1-4H3/p+1/t15-/m0/s1. The first-order valence-electron chi connectivity index (χ1n) is 8.33. The third kappa shape index (κ3) is 5.17. The van der Waals surface area contributed by atoms with Gasteiger partial charge in [-0.1, -0.05) is 12.1 Å². The van der Waals surface area contributed by atoms with Crippen LogP contribution in [-0.4, -0.2) is 27.4 Å². The van der Waals surface area contributed by atoms with Gasteiger partial charge in [0, 0.05) is 18.1 Å². The lowest BCUT2D eigenvalue weighted by Crippen LogP contribution is -2.87. The van der Waals surface area contributed by atoms with Crippen LogP contribution in [0, 0.1) is 0 Å². The molecule has 0 radical (unpaired) electrons. The smallest absolute Gasteiger partial charge is 0.131 e. The fraction of sp³-hybridized carbons (Fsp3) is 0.400. The van der Waals surface area contributed by atoms with Crippen LogP contribution in [0.15, 0.2) is 42.5 Å². The van der Waals surface area contributed by atoms with Crippen molar-refractivity contribution >= 4 is 0 Å². The van der Waals surface area contributed by atoms with Crippen molar-refractivity contribution in [2.24, 2.45) is 0 Å². The van der Waals surface area contributed by atoms with Gasteiger partial charge in [-0.05, 0) is 43.2 Å².